The zero-order valence-electron chi connectivity index (χ0n) is 21.1. The van der Waals surface area contributed by atoms with Crippen molar-refractivity contribution in [2.24, 2.45) is 4.99 Å². The summed E-state index contributed by atoms with van der Waals surface area (Å²) in [5.41, 5.74) is 2.01. The Bertz CT molecular complexity index is 1380. The van der Waals surface area contributed by atoms with Crippen LogP contribution in [0.15, 0.2) is 89.0 Å². The molecule has 37 heavy (non-hydrogen) atoms. The van der Waals surface area contributed by atoms with E-state index in [1.54, 1.807) is 0 Å². The van der Waals surface area contributed by atoms with Crippen LogP contribution in [-0.4, -0.2) is 42.1 Å². The van der Waals surface area contributed by atoms with Gasteiger partial charge in [-0.1, -0.05) is 78.3 Å². The molecular weight excluding hydrogens is 462 g/mol. The number of para-hydroxylation sites is 1. The first-order valence-electron chi connectivity index (χ1n) is 12.8. The van der Waals surface area contributed by atoms with Crippen LogP contribution < -0.4 is 4.74 Å². The molecule has 0 saturated carbocycles. The van der Waals surface area contributed by atoms with E-state index in [0.29, 0.717) is 13.0 Å². The van der Waals surface area contributed by atoms with Crippen molar-refractivity contribution >= 4 is 5.90 Å². The monoisotopic (exact) mass is 491 g/mol. The molecule has 5 nitrogen and oxygen atoms in total. The molecule has 5 heteroatoms. The first-order chi connectivity index (χ1) is 18.0. The Morgan fingerprint density at radius 1 is 1.00 bits per heavy atom. The number of nitrogens with zero attached hydrogens (tertiary/aromatic N) is 1. The van der Waals surface area contributed by atoms with Crippen LogP contribution in [0.4, 0.5) is 0 Å². The average Bonchev–Trinajstić information content (AvgIpc) is 3.58. The quantitative estimate of drug-likeness (QED) is 0.532. The van der Waals surface area contributed by atoms with E-state index >= 15 is 0 Å². The normalized spacial score (nSPS) is 30.2. The van der Waals surface area contributed by atoms with Gasteiger partial charge in [0.1, 0.15) is 11.9 Å². The van der Waals surface area contributed by atoms with Crippen LogP contribution in [0.25, 0.3) is 0 Å². The molecule has 1 saturated heterocycles. The highest BCUT2D eigenvalue weighted by Crippen LogP contribution is 2.49. The number of allylic oxidation sites excluding steroid dienone is 1. The van der Waals surface area contributed by atoms with E-state index in [9.17, 15) is 0 Å². The SMILES string of the molecule is CC1(C)O[C@@H]2CC=C3C#C/C([C@H]4CN=C(CCc5ccccc5)O4)=C\C#C[C@@H](Oc4ccccc4)[C@]32O1. The molecule has 1 fully saturated rings. The minimum atomic E-state index is -0.906. The summed E-state index contributed by atoms with van der Waals surface area (Å²) in [5, 5.41) is 0. The van der Waals surface area contributed by atoms with E-state index in [1.165, 1.54) is 5.56 Å². The van der Waals surface area contributed by atoms with Gasteiger partial charge in [-0.05, 0) is 44.4 Å². The maximum absolute atomic E-state index is 6.59. The Labute approximate surface area is 218 Å². The van der Waals surface area contributed by atoms with E-state index in [-0.39, 0.29) is 12.2 Å². The fraction of sp³-hybridized carbons (Fsp3) is 0.344. The molecule has 2 aromatic rings. The maximum atomic E-state index is 6.59. The molecular formula is C32H29NO4. The molecule has 1 spiro atoms. The van der Waals surface area contributed by atoms with Crippen LogP contribution in [0.3, 0.4) is 0 Å². The van der Waals surface area contributed by atoms with Crippen LogP contribution >= 0.6 is 0 Å². The number of rotatable bonds is 6. The van der Waals surface area contributed by atoms with Crippen LogP contribution in [0, 0.1) is 23.7 Å². The minimum absolute atomic E-state index is 0.230. The lowest BCUT2D eigenvalue weighted by atomic mass is 9.87. The molecule has 4 atom stereocenters. The van der Waals surface area contributed by atoms with Gasteiger partial charge in [-0.2, -0.15) is 0 Å². The van der Waals surface area contributed by atoms with Crippen molar-refractivity contribution in [1.82, 2.24) is 0 Å². The molecule has 0 unspecified atom stereocenters. The minimum Gasteiger partial charge on any atom is -0.474 e. The summed E-state index contributed by atoms with van der Waals surface area (Å²) in [7, 11) is 0. The molecule has 186 valence electrons. The maximum Gasteiger partial charge on any atom is 0.195 e. The lowest BCUT2D eigenvalue weighted by Crippen LogP contribution is -2.52. The Morgan fingerprint density at radius 3 is 2.59 bits per heavy atom. The fourth-order valence-electron chi connectivity index (χ4n) is 5.30. The lowest BCUT2D eigenvalue weighted by Gasteiger charge is -2.34. The molecule has 6 rings (SSSR count). The van der Waals surface area contributed by atoms with Crippen LogP contribution in [0.2, 0.25) is 0 Å². The highest BCUT2D eigenvalue weighted by Gasteiger charge is 2.62. The molecule has 4 aliphatic rings. The number of ether oxygens (including phenoxy) is 4. The van der Waals surface area contributed by atoms with E-state index in [2.05, 4.69) is 59.0 Å². The Kier molecular flexibility index (Phi) is 6.13. The summed E-state index contributed by atoms with van der Waals surface area (Å²) >= 11 is 0. The average molecular weight is 492 g/mol. The number of aliphatic imine (C=N–C) groups is 1. The second-order valence-corrected chi connectivity index (χ2v) is 10.0. The van der Waals surface area contributed by atoms with Crippen molar-refractivity contribution < 1.29 is 18.9 Å². The van der Waals surface area contributed by atoms with Gasteiger partial charge >= 0.3 is 0 Å². The van der Waals surface area contributed by atoms with Crippen LogP contribution in [-0.2, 0) is 20.6 Å². The highest BCUT2D eigenvalue weighted by atomic mass is 16.8. The second kappa shape index (κ2) is 9.60. The van der Waals surface area contributed by atoms with Crippen molar-refractivity contribution in [2.75, 3.05) is 6.54 Å². The molecule has 0 aromatic heterocycles. The third-order valence-electron chi connectivity index (χ3n) is 6.98. The number of benzene rings is 2. The molecule has 2 heterocycles. The Morgan fingerprint density at radius 2 is 1.78 bits per heavy atom. The number of hydrogen-bond donors (Lipinski definition) is 0. The predicted molar refractivity (Wildman–Crippen MR) is 142 cm³/mol. The molecule has 2 aromatic carbocycles. The van der Waals surface area contributed by atoms with Crippen molar-refractivity contribution in [3.63, 3.8) is 0 Å². The van der Waals surface area contributed by atoms with Gasteiger partial charge in [0.25, 0.3) is 0 Å². The summed E-state index contributed by atoms with van der Waals surface area (Å²) in [6.45, 7) is 4.39. The zero-order valence-corrected chi connectivity index (χ0v) is 21.1. The van der Waals surface area contributed by atoms with Gasteiger partial charge in [-0.3, -0.25) is 4.99 Å². The van der Waals surface area contributed by atoms with Gasteiger partial charge in [0, 0.05) is 18.1 Å². The van der Waals surface area contributed by atoms with E-state index < -0.39 is 17.5 Å². The van der Waals surface area contributed by atoms with Crippen LogP contribution in [0.1, 0.15) is 32.3 Å². The molecule has 2 aliphatic heterocycles. The van der Waals surface area contributed by atoms with Gasteiger partial charge < -0.3 is 18.9 Å². The van der Waals surface area contributed by atoms with Crippen molar-refractivity contribution in [3.05, 3.63) is 89.5 Å². The molecule has 0 N–H and O–H groups in total. The summed E-state index contributed by atoms with van der Waals surface area (Å²) in [5.74, 6) is 14.0. The van der Waals surface area contributed by atoms with Gasteiger partial charge in [0.05, 0.1) is 12.1 Å². The zero-order chi connectivity index (χ0) is 25.3. The van der Waals surface area contributed by atoms with E-state index in [0.717, 1.165) is 35.6 Å². The lowest BCUT2D eigenvalue weighted by molar-refractivity contribution is -0.166. The summed E-state index contributed by atoms with van der Waals surface area (Å²) in [6, 6.07) is 20.1. The third kappa shape index (κ3) is 4.69. The number of hydrogen-bond acceptors (Lipinski definition) is 5. The van der Waals surface area contributed by atoms with E-state index in [4.69, 9.17) is 18.9 Å². The first kappa shape index (κ1) is 23.6. The second-order valence-electron chi connectivity index (χ2n) is 10.0. The summed E-state index contributed by atoms with van der Waals surface area (Å²) in [6.07, 6.45) is 5.20. The molecule has 2 aliphatic carbocycles. The smallest absolute Gasteiger partial charge is 0.195 e. The molecule has 0 radical (unpaired) electrons. The van der Waals surface area contributed by atoms with Crippen molar-refractivity contribution in [2.45, 2.75) is 62.8 Å². The predicted octanol–water partition coefficient (Wildman–Crippen LogP) is 5.03. The Balaban J connectivity index is 1.26. The van der Waals surface area contributed by atoms with Crippen molar-refractivity contribution in [1.29, 1.82) is 0 Å². The summed E-state index contributed by atoms with van der Waals surface area (Å²) in [4.78, 5) is 4.65. The standard InChI is InChI=1S/C32H29NO4/c1-31(2)36-29-20-19-25-18-17-24(27-22-33-30(35-27)21-16-23-10-5-3-6-11-23)12-9-15-28(32(25,29)37-31)34-26-13-7-4-8-14-26/h3-8,10-14,19,27-29H,16,20-22H2,1-2H3/b24-12+/t27-,28-,29-,32-/m1/s1. The number of aryl methyl sites for hydroxylation is 1. The summed E-state index contributed by atoms with van der Waals surface area (Å²) < 4.78 is 25.5. The van der Waals surface area contributed by atoms with E-state index in [1.807, 2.05) is 56.3 Å². The fourth-order valence-corrected chi connectivity index (χ4v) is 5.30. The van der Waals surface area contributed by atoms with Gasteiger partial charge in [-0.15, -0.1) is 0 Å². The van der Waals surface area contributed by atoms with Crippen molar-refractivity contribution in [3.8, 4) is 29.4 Å². The van der Waals surface area contributed by atoms with Gasteiger partial charge in [0.2, 0.25) is 0 Å². The first-order valence-corrected chi connectivity index (χ1v) is 12.8. The van der Waals surface area contributed by atoms with Gasteiger partial charge in [0.15, 0.2) is 29.5 Å². The van der Waals surface area contributed by atoms with Crippen LogP contribution in [0.5, 0.6) is 5.75 Å². The largest absolute Gasteiger partial charge is 0.474 e. The molecule has 0 bridgehead atoms. The third-order valence-corrected chi connectivity index (χ3v) is 6.98. The Hall–Kier alpha value is -3.77. The topological polar surface area (TPSA) is 49.3 Å². The van der Waals surface area contributed by atoms with Gasteiger partial charge in [-0.25, -0.2) is 0 Å². The molecule has 0 amide bonds. The highest BCUT2D eigenvalue weighted by molar-refractivity contribution is 5.78.